The van der Waals surface area contributed by atoms with Gasteiger partial charge in [-0.3, -0.25) is 0 Å². The third kappa shape index (κ3) is 1.86. The van der Waals surface area contributed by atoms with Crippen molar-refractivity contribution in [1.82, 2.24) is 0 Å². The summed E-state index contributed by atoms with van der Waals surface area (Å²) < 4.78 is 2.24. The molecule has 0 atom stereocenters. The van der Waals surface area contributed by atoms with Crippen LogP contribution < -0.4 is 0 Å². The monoisotopic (exact) mass is 172 g/mol. The summed E-state index contributed by atoms with van der Waals surface area (Å²) in [6, 6.07) is 8.47. The molecule has 1 heteroatoms. The first-order chi connectivity index (χ1) is 6.36. The Kier molecular flexibility index (Phi) is 2.26. The Morgan fingerprint density at radius 1 is 1.15 bits per heavy atom. The number of hydrogen-bond acceptors (Lipinski definition) is 0. The van der Waals surface area contributed by atoms with Crippen LogP contribution in [0.2, 0.25) is 0 Å². The standard InChI is InChI=1S/C12H14N/c1-13-9-5-4-7-11-6-2-3-8-12(11)10-13/h2-4,6-8,10H,5,9H2,1H3/q+1. The van der Waals surface area contributed by atoms with E-state index in [0.717, 1.165) is 13.0 Å². The van der Waals surface area contributed by atoms with Crippen molar-refractivity contribution in [1.29, 1.82) is 0 Å². The Balaban J connectivity index is 2.51. The summed E-state index contributed by atoms with van der Waals surface area (Å²) in [7, 11) is 2.12. The lowest BCUT2D eigenvalue weighted by Gasteiger charge is -2.03. The molecule has 0 saturated carbocycles. The van der Waals surface area contributed by atoms with E-state index in [1.165, 1.54) is 11.1 Å². The summed E-state index contributed by atoms with van der Waals surface area (Å²) in [6.45, 7) is 1.10. The van der Waals surface area contributed by atoms with Crippen LogP contribution in [0.3, 0.4) is 0 Å². The topological polar surface area (TPSA) is 3.01 Å². The van der Waals surface area contributed by atoms with Crippen molar-refractivity contribution < 1.29 is 4.58 Å². The third-order valence-electron chi connectivity index (χ3n) is 2.30. The minimum absolute atomic E-state index is 1.10. The highest BCUT2D eigenvalue weighted by Crippen LogP contribution is 2.10. The molecule has 0 aromatic heterocycles. The van der Waals surface area contributed by atoms with Gasteiger partial charge in [0.15, 0.2) is 6.21 Å². The maximum atomic E-state index is 2.24. The second-order valence-corrected chi connectivity index (χ2v) is 3.43. The first-order valence-electron chi connectivity index (χ1n) is 4.67. The molecule has 1 nitrogen and oxygen atoms in total. The molecule has 2 rings (SSSR count). The van der Waals surface area contributed by atoms with E-state index < -0.39 is 0 Å². The highest BCUT2D eigenvalue weighted by Gasteiger charge is 2.03. The van der Waals surface area contributed by atoms with Crippen molar-refractivity contribution in [3.63, 3.8) is 0 Å². The SMILES string of the molecule is C[N+]1=Cc2ccccc2C=CCC1. The molecule has 1 aliphatic rings. The first kappa shape index (κ1) is 8.24. The molecule has 0 unspecified atom stereocenters. The van der Waals surface area contributed by atoms with Gasteiger partial charge in [0.1, 0.15) is 13.6 Å². The van der Waals surface area contributed by atoms with Gasteiger partial charge < -0.3 is 0 Å². The fraction of sp³-hybridized carbons (Fsp3) is 0.250. The molecule has 13 heavy (non-hydrogen) atoms. The Morgan fingerprint density at radius 3 is 2.77 bits per heavy atom. The van der Waals surface area contributed by atoms with Crippen molar-refractivity contribution in [3.05, 3.63) is 41.5 Å². The lowest BCUT2D eigenvalue weighted by Crippen LogP contribution is -2.10. The van der Waals surface area contributed by atoms with Crippen molar-refractivity contribution in [3.8, 4) is 0 Å². The molecule has 1 aromatic rings. The molecule has 66 valence electrons. The second kappa shape index (κ2) is 3.56. The van der Waals surface area contributed by atoms with Gasteiger partial charge in [-0.05, 0) is 11.6 Å². The fourth-order valence-electron chi connectivity index (χ4n) is 1.57. The van der Waals surface area contributed by atoms with E-state index in [0.29, 0.717) is 0 Å². The molecular formula is C12H14N+. The molecule has 1 aliphatic heterocycles. The maximum Gasteiger partial charge on any atom is 0.171 e. The summed E-state index contributed by atoms with van der Waals surface area (Å²) in [5.74, 6) is 0. The Morgan fingerprint density at radius 2 is 1.92 bits per heavy atom. The summed E-state index contributed by atoms with van der Waals surface area (Å²) in [5, 5.41) is 0. The van der Waals surface area contributed by atoms with E-state index in [9.17, 15) is 0 Å². The highest BCUT2D eigenvalue weighted by atomic mass is 14.9. The third-order valence-corrected chi connectivity index (χ3v) is 2.30. The predicted octanol–water partition coefficient (Wildman–Crippen LogP) is 2.16. The van der Waals surface area contributed by atoms with E-state index in [1.54, 1.807) is 0 Å². The fourth-order valence-corrected chi connectivity index (χ4v) is 1.57. The van der Waals surface area contributed by atoms with Gasteiger partial charge in [0.25, 0.3) is 0 Å². The van der Waals surface area contributed by atoms with Gasteiger partial charge >= 0.3 is 0 Å². The predicted molar refractivity (Wildman–Crippen MR) is 56.3 cm³/mol. The van der Waals surface area contributed by atoms with E-state index in [2.05, 4.69) is 54.3 Å². The maximum absolute atomic E-state index is 2.24. The minimum Gasteiger partial charge on any atom is -0.238 e. The van der Waals surface area contributed by atoms with Crippen molar-refractivity contribution in [2.24, 2.45) is 0 Å². The van der Waals surface area contributed by atoms with Crippen molar-refractivity contribution in [2.75, 3.05) is 13.6 Å². The van der Waals surface area contributed by atoms with Crippen LogP contribution in [0.1, 0.15) is 17.5 Å². The number of benzene rings is 1. The molecular weight excluding hydrogens is 158 g/mol. The molecule has 0 aliphatic carbocycles. The number of hydrogen-bond donors (Lipinski definition) is 0. The van der Waals surface area contributed by atoms with E-state index >= 15 is 0 Å². The van der Waals surface area contributed by atoms with Crippen molar-refractivity contribution in [2.45, 2.75) is 6.42 Å². The average molecular weight is 172 g/mol. The zero-order valence-corrected chi connectivity index (χ0v) is 7.90. The zero-order chi connectivity index (χ0) is 9.10. The number of fused-ring (bicyclic) bond motifs is 1. The van der Waals surface area contributed by atoms with Gasteiger partial charge in [-0.15, -0.1) is 0 Å². The average Bonchev–Trinajstić information content (AvgIpc) is 2.11. The van der Waals surface area contributed by atoms with Gasteiger partial charge in [0, 0.05) is 12.0 Å². The second-order valence-electron chi connectivity index (χ2n) is 3.43. The van der Waals surface area contributed by atoms with E-state index in [4.69, 9.17) is 0 Å². The largest absolute Gasteiger partial charge is 0.238 e. The zero-order valence-electron chi connectivity index (χ0n) is 7.90. The Labute approximate surface area is 79.0 Å². The normalized spacial score (nSPS) is 15.6. The van der Waals surface area contributed by atoms with Crippen LogP contribution in [0.25, 0.3) is 6.08 Å². The van der Waals surface area contributed by atoms with Gasteiger partial charge in [-0.2, -0.15) is 0 Å². The van der Waals surface area contributed by atoms with Crippen LogP contribution in [0.5, 0.6) is 0 Å². The quantitative estimate of drug-likeness (QED) is 0.528. The van der Waals surface area contributed by atoms with Gasteiger partial charge in [-0.1, -0.05) is 30.4 Å². The lowest BCUT2D eigenvalue weighted by atomic mass is 10.1. The van der Waals surface area contributed by atoms with Gasteiger partial charge in [-0.25, -0.2) is 4.58 Å². The smallest absolute Gasteiger partial charge is 0.171 e. The van der Waals surface area contributed by atoms with Crippen LogP contribution in [-0.2, 0) is 0 Å². The summed E-state index contributed by atoms with van der Waals surface area (Å²) in [5.41, 5.74) is 2.62. The minimum atomic E-state index is 1.10. The summed E-state index contributed by atoms with van der Waals surface area (Å²) in [6.07, 6.45) is 7.78. The summed E-state index contributed by atoms with van der Waals surface area (Å²) in [4.78, 5) is 0. The molecule has 1 heterocycles. The first-order valence-corrected chi connectivity index (χ1v) is 4.67. The van der Waals surface area contributed by atoms with Crippen LogP contribution in [0.4, 0.5) is 0 Å². The van der Waals surface area contributed by atoms with Gasteiger partial charge in [0.2, 0.25) is 0 Å². The van der Waals surface area contributed by atoms with Crippen molar-refractivity contribution >= 4 is 12.3 Å². The Bertz CT molecular complexity index is 361. The van der Waals surface area contributed by atoms with Crippen LogP contribution >= 0.6 is 0 Å². The Hall–Kier alpha value is -1.37. The molecule has 0 spiro atoms. The van der Waals surface area contributed by atoms with Crippen LogP contribution in [0.15, 0.2) is 30.3 Å². The number of nitrogens with zero attached hydrogens (tertiary/aromatic N) is 1. The van der Waals surface area contributed by atoms with Gasteiger partial charge in [0.05, 0.1) is 0 Å². The van der Waals surface area contributed by atoms with E-state index in [1.807, 2.05) is 0 Å². The van der Waals surface area contributed by atoms with E-state index in [-0.39, 0.29) is 0 Å². The molecule has 0 N–H and O–H groups in total. The van der Waals surface area contributed by atoms with Crippen LogP contribution in [0, 0.1) is 0 Å². The number of rotatable bonds is 0. The molecule has 0 radical (unpaired) electrons. The molecule has 0 saturated heterocycles. The molecule has 1 aromatic carbocycles. The summed E-state index contributed by atoms with van der Waals surface area (Å²) >= 11 is 0. The lowest BCUT2D eigenvalue weighted by molar-refractivity contribution is -0.491. The molecule has 0 fully saturated rings. The highest BCUT2D eigenvalue weighted by molar-refractivity contribution is 5.82. The molecule has 0 bridgehead atoms. The molecule has 0 amide bonds. The van der Waals surface area contributed by atoms with Crippen LogP contribution in [-0.4, -0.2) is 24.4 Å².